The normalized spacial score (nSPS) is 10.1. The summed E-state index contributed by atoms with van der Waals surface area (Å²) < 4.78 is 4.56. The van der Waals surface area contributed by atoms with Crippen molar-refractivity contribution in [3.8, 4) is 0 Å². The molecular weight excluding hydrogens is 250 g/mol. The van der Waals surface area contributed by atoms with Crippen LogP contribution in [0.4, 0.5) is 0 Å². The van der Waals surface area contributed by atoms with E-state index >= 15 is 0 Å². The number of aldehydes is 1. The van der Waals surface area contributed by atoms with Crippen molar-refractivity contribution in [3.63, 3.8) is 0 Å². The van der Waals surface area contributed by atoms with Crippen molar-refractivity contribution >= 4 is 24.0 Å². The maximum absolute atomic E-state index is 10.9. The molecule has 0 atom stereocenters. The number of methoxy groups -OCH3 is 1. The van der Waals surface area contributed by atoms with Gasteiger partial charge in [0.15, 0.2) is 6.29 Å². The zero-order valence-electron chi connectivity index (χ0n) is 10.6. The Morgan fingerprint density at radius 2 is 2.22 bits per heavy atom. The summed E-state index contributed by atoms with van der Waals surface area (Å²) in [5.41, 5.74) is 1.38. The number of thioether (sulfide) groups is 1. The lowest BCUT2D eigenvalue weighted by Gasteiger charge is -2.03. The molecule has 0 radical (unpaired) electrons. The Morgan fingerprint density at radius 1 is 1.44 bits per heavy atom. The summed E-state index contributed by atoms with van der Waals surface area (Å²) >= 11 is 1.60. The molecule has 0 amide bonds. The zero-order chi connectivity index (χ0) is 13.4. The van der Waals surface area contributed by atoms with Crippen LogP contribution in [0.1, 0.15) is 35.3 Å². The van der Waals surface area contributed by atoms with Crippen molar-refractivity contribution in [2.24, 2.45) is 0 Å². The Bertz CT molecular complexity index is 421. The number of nitrogens with zero attached hydrogens (tertiary/aromatic N) is 1. The van der Waals surface area contributed by atoms with Crippen molar-refractivity contribution in [3.05, 3.63) is 23.4 Å². The van der Waals surface area contributed by atoms with Gasteiger partial charge in [0.05, 0.1) is 12.1 Å². The van der Waals surface area contributed by atoms with Crippen LogP contribution in [0.5, 0.6) is 0 Å². The summed E-state index contributed by atoms with van der Waals surface area (Å²) in [6.07, 6.45) is 2.96. The van der Waals surface area contributed by atoms with E-state index in [4.69, 9.17) is 0 Å². The fourth-order valence-electron chi connectivity index (χ4n) is 1.38. The number of hydrogen-bond donors (Lipinski definition) is 0. The summed E-state index contributed by atoms with van der Waals surface area (Å²) in [6.45, 7) is 1.86. The highest BCUT2D eigenvalue weighted by Crippen LogP contribution is 2.18. The van der Waals surface area contributed by atoms with Gasteiger partial charge in [-0.15, -0.1) is 11.8 Å². The number of unbranched alkanes of at least 4 members (excludes halogenated alkanes) is 1. The standard InChI is InChI=1S/C13H17NO3S/c1-10-6-7-12(14-11(10)9-15)18-8-4-3-5-13(16)17-2/h6-7,9H,3-5,8H2,1-2H3. The van der Waals surface area contributed by atoms with Crippen molar-refractivity contribution in [2.45, 2.75) is 31.2 Å². The van der Waals surface area contributed by atoms with E-state index in [0.717, 1.165) is 35.5 Å². The van der Waals surface area contributed by atoms with E-state index in [1.54, 1.807) is 11.8 Å². The first-order valence-electron chi connectivity index (χ1n) is 5.80. The van der Waals surface area contributed by atoms with Crippen molar-refractivity contribution in [1.82, 2.24) is 4.98 Å². The summed E-state index contributed by atoms with van der Waals surface area (Å²) in [6, 6.07) is 3.81. The van der Waals surface area contributed by atoms with Gasteiger partial charge < -0.3 is 4.74 Å². The van der Waals surface area contributed by atoms with E-state index in [2.05, 4.69) is 9.72 Å². The fraction of sp³-hybridized carbons (Fsp3) is 0.462. The number of carbonyl (C=O) groups is 2. The highest BCUT2D eigenvalue weighted by atomic mass is 32.2. The molecule has 0 aliphatic heterocycles. The highest BCUT2D eigenvalue weighted by molar-refractivity contribution is 7.99. The molecule has 0 saturated heterocycles. The molecule has 0 unspecified atom stereocenters. The largest absolute Gasteiger partial charge is 0.469 e. The van der Waals surface area contributed by atoms with E-state index in [1.807, 2.05) is 19.1 Å². The molecule has 4 nitrogen and oxygen atoms in total. The molecule has 0 aromatic carbocycles. The van der Waals surface area contributed by atoms with E-state index in [9.17, 15) is 9.59 Å². The zero-order valence-corrected chi connectivity index (χ0v) is 11.5. The van der Waals surface area contributed by atoms with E-state index < -0.39 is 0 Å². The Hall–Kier alpha value is -1.36. The van der Waals surface area contributed by atoms with Gasteiger partial charge in [-0.1, -0.05) is 6.07 Å². The van der Waals surface area contributed by atoms with Crippen molar-refractivity contribution in [2.75, 3.05) is 12.9 Å². The minimum Gasteiger partial charge on any atom is -0.469 e. The molecule has 0 spiro atoms. The van der Waals surface area contributed by atoms with Crippen molar-refractivity contribution < 1.29 is 14.3 Å². The van der Waals surface area contributed by atoms with Crippen LogP contribution in [0.15, 0.2) is 17.2 Å². The highest BCUT2D eigenvalue weighted by Gasteiger charge is 2.03. The molecule has 0 fully saturated rings. The van der Waals surface area contributed by atoms with Crippen LogP contribution < -0.4 is 0 Å². The van der Waals surface area contributed by atoms with Gasteiger partial charge in [0, 0.05) is 6.42 Å². The molecule has 1 heterocycles. The topological polar surface area (TPSA) is 56.3 Å². The fourth-order valence-corrected chi connectivity index (χ4v) is 2.26. The lowest BCUT2D eigenvalue weighted by Crippen LogP contribution is -1.99. The monoisotopic (exact) mass is 267 g/mol. The number of aromatic nitrogens is 1. The average molecular weight is 267 g/mol. The quantitative estimate of drug-likeness (QED) is 0.329. The third kappa shape index (κ3) is 4.87. The molecule has 18 heavy (non-hydrogen) atoms. The summed E-state index contributed by atoms with van der Waals surface area (Å²) in [5.74, 6) is 0.711. The van der Waals surface area contributed by atoms with Gasteiger partial charge in [-0.2, -0.15) is 0 Å². The lowest BCUT2D eigenvalue weighted by molar-refractivity contribution is -0.140. The number of hydrogen-bond acceptors (Lipinski definition) is 5. The number of esters is 1. The first-order chi connectivity index (χ1) is 8.67. The smallest absolute Gasteiger partial charge is 0.305 e. The molecule has 98 valence electrons. The van der Waals surface area contributed by atoms with Gasteiger partial charge in [-0.3, -0.25) is 9.59 Å². The van der Waals surface area contributed by atoms with Crippen molar-refractivity contribution in [1.29, 1.82) is 0 Å². The Labute approximate surface area is 111 Å². The predicted molar refractivity (Wildman–Crippen MR) is 71.0 cm³/mol. The number of aryl methyl sites for hydroxylation is 1. The molecule has 1 aromatic rings. The van der Waals surface area contributed by atoms with Gasteiger partial charge in [-0.05, 0) is 37.1 Å². The number of pyridine rings is 1. The molecule has 0 saturated carbocycles. The number of ether oxygens (including phenoxy) is 1. The van der Waals surface area contributed by atoms with Gasteiger partial charge in [0.2, 0.25) is 0 Å². The second kappa shape index (κ2) is 7.87. The molecular formula is C13H17NO3S. The molecule has 1 rings (SSSR count). The lowest BCUT2D eigenvalue weighted by atomic mass is 10.2. The molecule has 1 aromatic heterocycles. The first kappa shape index (κ1) is 14.7. The summed E-state index contributed by atoms with van der Waals surface area (Å²) in [7, 11) is 1.40. The Balaban J connectivity index is 2.31. The van der Waals surface area contributed by atoms with Crippen LogP contribution in [-0.4, -0.2) is 30.1 Å². The first-order valence-corrected chi connectivity index (χ1v) is 6.78. The van der Waals surface area contributed by atoms with Gasteiger partial charge in [-0.25, -0.2) is 4.98 Å². The maximum atomic E-state index is 10.9. The van der Waals surface area contributed by atoms with E-state index in [0.29, 0.717) is 12.1 Å². The number of carbonyl (C=O) groups excluding carboxylic acids is 2. The molecule has 5 heteroatoms. The Kier molecular flexibility index (Phi) is 6.43. The maximum Gasteiger partial charge on any atom is 0.305 e. The summed E-state index contributed by atoms with van der Waals surface area (Å²) in [5, 5.41) is 0.848. The molecule has 0 aliphatic carbocycles. The SMILES string of the molecule is COC(=O)CCCCSc1ccc(C)c(C=O)n1. The van der Waals surface area contributed by atoms with Gasteiger partial charge in [0.1, 0.15) is 5.69 Å². The van der Waals surface area contributed by atoms with Crippen LogP contribution in [-0.2, 0) is 9.53 Å². The van der Waals surface area contributed by atoms with Crippen LogP contribution in [0.2, 0.25) is 0 Å². The second-order valence-corrected chi connectivity index (χ2v) is 4.97. The van der Waals surface area contributed by atoms with Gasteiger partial charge in [0.25, 0.3) is 0 Å². The minimum atomic E-state index is -0.170. The van der Waals surface area contributed by atoms with Crippen LogP contribution in [0.25, 0.3) is 0 Å². The van der Waals surface area contributed by atoms with E-state index in [-0.39, 0.29) is 5.97 Å². The van der Waals surface area contributed by atoms with Crippen LogP contribution >= 0.6 is 11.8 Å². The Morgan fingerprint density at radius 3 is 2.89 bits per heavy atom. The second-order valence-electron chi connectivity index (χ2n) is 3.85. The minimum absolute atomic E-state index is 0.170. The molecule has 0 N–H and O–H groups in total. The number of rotatable bonds is 7. The van der Waals surface area contributed by atoms with E-state index in [1.165, 1.54) is 7.11 Å². The van der Waals surface area contributed by atoms with Crippen LogP contribution in [0, 0.1) is 6.92 Å². The third-order valence-electron chi connectivity index (χ3n) is 2.48. The average Bonchev–Trinajstić information content (AvgIpc) is 2.39. The van der Waals surface area contributed by atoms with Gasteiger partial charge >= 0.3 is 5.97 Å². The third-order valence-corrected chi connectivity index (χ3v) is 3.49. The van der Waals surface area contributed by atoms with Crippen LogP contribution in [0.3, 0.4) is 0 Å². The summed E-state index contributed by atoms with van der Waals surface area (Å²) in [4.78, 5) is 25.9. The molecule has 0 aliphatic rings. The predicted octanol–water partition coefficient (Wildman–Crippen LogP) is 2.64. The molecule has 0 bridgehead atoms.